The van der Waals surface area contributed by atoms with Crippen molar-refractivity contribution in [1.82, 2.24) is 4.90 Å². The van der Waals surface area contributed by atoms with Gasteiger partial charge in [-0.25, -0.2) is 4.79 Å². The number of fused-ring (bicyclic) bond motifs is 1. The number of benzene rings is 1. The minimum Gasteiger partial charge on any atom is -0.453 e. The van der Waals surface area contributed by atoms with Gasteiger partial charge in [0, 0.05) is 31.0 Å². The molecule has 3 rings (SSSR count). The summed E-state index contributed by atoms with van der Waals surface area (Å²) in [6, 6.07) is 7.97. The third-order valence-corrected chi connectivity index (χ3v) is 5.36. The van der Waals surface area contributed by atoms with E-state index in [0.29, 0.717) is 13.0 Å². The maximum atomic E-state index is 12.1. The van der Waals surface area contributed by atoms with E-state index in [0.717, 1.165) is 30.4 Å². The summed E-state index contributed by atoms with van der Waals surface area (Å²) in [5, 5.41) is 0. The summed E-state index contributed by atoms with van der Waals surface area (Å²) in [7, 11) is 1.40. The summed E-state index contributed by atoms with van der Waals surface area (Å²) in [5.41, 5.74) is 1.19. The van der Waals surface area contributed by atoms with Gasteiger partial charge in [-0.05, 0) is 56.2 Å². The summed E-state index contributed by atoms with van der Waals surface area (Å²) < 4.78 is 10.7. The van der Waals surface area contributed by atoms with Gasteiger partial charge in [-0.3, -0.25) is 4.79 Å². The van der Waals surface area contributed by atoms with Crippen molar-refractivity contribution in [2.24, 2.45) is 5.92 Å². The Balaban J connectivity index is 1.95. The highest BCUT2D eigenvalue weighted by atomic mass is 16.6. The number of nitrogens with zero attached hydrogens (tertiary/aromatic N) is 1. The van der Waals surface area contributed by atoms with E-state index in [1.807, 2.05) is 31.2 Å². The van der Waals surface area contributed by atoms with E-state index in [1.165, 1.54) is 14.0 Å². The van der Waals surface area contributed by atoms with Crippen LogP contribution in [0.25, 0.3) is 0 Å². The van der Waals surface area contributed by atoms with Crippen LogP contribution in [0.2, 0.25) is 0 Å². The molecule has 0 radical (unpaired) electrons. The highest BCUT2D eigenvalue weighted by Crippen LogP contribution is 2.45. The maximum absolute atomic E-state index is 12.1. The second-order valence-corrected chi connectivity index (χ2v) is 7.12. The molecule has 0 N–H and O–H groups in total. The molecule has 0 unspecified atom stereocenters. The monoisotopic (exact) mass is 355 g/mol. The number of amides is 1. The highest BCUT2D eigenvalue weighted by molar-refractivity contribution is 5.69. The Kier molecular flexibility index (Phi) is 5.22. The normalized spacial score (nSPS) is 27.1. The first-order valence-electron chi connectivity index (χ1n) is 9.09. The van der Waals surface area contributed by atoms with Crippen LogP contribution >= 0.6 is 0 Å². The average molecular weight is 355 g/mol. The number of aryl methyl sites for hydroxylation is 1. The Hall–Kier alpha value is -2.48. The number of hydrogen-bond acceptors (Lipinski definition) is 4. The zero-order valence-corrected chi connectivity index (χ0v) is 15.6. The lowest BCUT2D eigenvalue weighted by Gasteiger charge is -2.42. The molecule has 26 heavy (non-hydrogen) atoms. The number of hydrogen-bond donors (Lipinski definition) is 0. The van der Waals surface area contributed by atoms with Crippen LogP contribution in [0.1, 0.15) is 43.7 Å². The zero-order chi connectivity index (χ0) is 18.7. The van der Waals surface area contributed by atoms with Crippen LogP contribution in [-0.2, 0) is 14.3 Å². The lowest BCUT2D eigenvalue weighted by Crippen LogP contribution is -2.51. The van der Waals surface area contributed by atoms with Crippen LogP contribution < -0.4 is 0 Å². The van der Waals surface area contributed by atoms with E-state index in [1.54, 1.807) is 4.90 Å². The number of carbonyl (C=O) groups is 2. The van der Waals surface area contributed by atoms with Crippen molar-refractivity contribution >= 4 is 12.1 Å². The quantitative estimate of drug-likeness (QED) is 0.573. The Morgan fingerprint density at radius 1 is 1.31 bits per heavy atom. The van der Waals surface area contributed by atoms with Crippen molar-refractivity contribution < 1.29 is 19.1 Å². The molecule has 1 amide bonds. The van der Waals surface area contributed by atoms with Gasteiger partial charge in [0.15, 0.2) is 5.60 Å². The predicted octanol–water partition coefficient (Wildman–Crippen LogP) is 3.29. The van der Waals surface area contributed by atoms with Gasteiger partial charge in [-0.15, -0.1) is 0 Å². The van der Waals surface area contributed by atoms with Crippen LogP contribution in [0.3, 0.4) is 0 Å². The van der Waals surface area contributed by atoms with Crippen LogP contribution in [0.15, 0.2) is 24.3 Å². The van der Waals surface area contributed by atoms with Gasteiger partial charge in [0.2, 0.25) is 0 Å². The van der Waals surface area contributed by atoms with Crippen molar-refractivity contribution in [3.8, 4) is 11.8 Å². The molecule has 0 aromatic heterocycles. The molecule has 1 saturated carbocycles. The summed E-state index contributed by atoms with van der Waals surface area (Å²) in [6.45, 7) is 4.05. The predicted molar refractivity (Wildman–Crippen MR) is 97.4 cm³/mol. The SMILES string of the molecule is COC(=O)N1CC[C@@H]2[C@H]1CCC[C@]2(C#Cc1cccc(C)c1)OC(C)=O. The second-order valence-electron chi connectivity index (χ2n) is 7.12. The van der Waals surface area contributed by atoms with Crippen molar-refractivity contribution in [2.75, 3.05) is 13.7 Å². The second kappa shape index (κ2) is 7.41. The number of methoxy groups -OCH3 is 1. The lowest BCUT2D eigenvalue weighted by molar-refractivity contribution is -0.159. The molecule has 1 aromatic carbocycles. The van der Waals surface area contributed by atoms with Gasteiger partial charge >= 0.3 is 12.1 Å². The molecule has 1 aliphatic carbocycles. The van der Waals surface area contributed by atoms with Gasteiger partial charge in [0.1, 0.15) is 0 Å². The fraction of sp³-hybridized carbons (Fsp3) is 0.524. The number of rotatable bonds is 1. The summed E-state index contributed by atoms with van der Waals surface area (Å²) in [4.78, 5) is 25.7. The van der Waals surface area contributed by atoms with E-state index in [9.17, 15) is 9.59 Å². The first-order valence-corrected chi connectivity index (χ1v) is 9.09. The molecule has 1 aliphatic heterocycles. The van der Waals surface area contributed by atoms with E-state index in [-0.39, 0.29) is 24.0 Å². The van der Waals surface area contributed by atoms with Crippen LogP contribution in [0, 0.1) is 24.7 Å². The Bertz CT molecular complexity index is 763. The lowest BCUT2D eigenvalue weighted by atomic mass is 9.72. The van der Waals surface area contributed by atoms with Gasteiger partial charge in [-0.1, -0.05) is 18.1 Å². The van der Waals surface area contributed by atoms with Gasteiger partial charge in [0.25, 0.3) is 0 Å². The third-order valence-electron chi connectivity index (χ3n) is 5.36. The molecule has 138 valence electrons. The molecule has 3 atom stereocenters. The molecule has 1 aromatic rings. The zero-order valence-electron chi connectivity index (χ0n) is 15.6. The van der Waals surface area contributed by atoms with E-state index >= 15 is 0 Å². The average Bonchev–Trinajstić information content (AvgIpc) is 3.05. The number of likely N-dealkylation sites (tertiary alicyclic amines) is 1. The Labute approximate surface area is 154 Å². The van der Waals surface area contributed by atoms with Crippen molar-refractivity contribution in [1.29, 1.82) is 0 Å². The molecule has 0 bridgehead atoms. The minimum absolute atomic E-state index is 0.00218. The topological polar surface area (TPSA) is 55.8 Å². The minimum atomic E-state index is -0.846. The molecule has 2 aliphatic rings. The highest BCUT2D eigenvalue weighted by Gasteiger charge is 2.53. The summed E-state index contributed by atoms with van der Waals surface area (Å²) in [5.74, 6) is 6.18. The maximum Gasteiger partial charge on any atom is 0.409 e. The Morgan fingerprint density at radius 3 is 2.81 bits per heavy atom. The van der Waals surface area contributed by atoms with E-state index < -0.39 is 5.60 Å². The molecule has 5 heteroatoms. The molecule has 2 fully saturated rings. The van der Waals surface area contributed by atoms with Gasteiger partial charge in [-0.2, -0.15) is 0 Å². The third kappa shape index (κ3) is 3.55. The van der Waals surface area contributed by atoms with Crippen molar-refractivity contribution in [3.63, 3.8) is 0 Å². The van der Waals surface area contributed by atoms with Crippen LogP contribution in [0.5, 0.6) is 0 Å². The standard InChI is InChI=1S/C21H25NO4/c1-15-6-4-7-17(14-15)9-12-21(26-16(2)23)11-5-8-19-18(21)10-13-22(19)20(24)25-3/h4,6-7,14,18-19H,5,8,10-11,13H2,1-3H3/t18-,19-,21-/m1/s1. The van der Waals surface area contributed by atoms with Crippen LogP contribution in [-0.4, -0.2) is 42.3 Å². The van der Waals surface area contributed by atoms with Gasteiger partial charge in [0.05, 0.1) is 7.11 Å². The molecular weight excluding hydrogens is 330 g/mol. The van der Waals surface area contributed by atoms with Crippen molar-refractivity contribution in [3.05, 3.63) is 35.4 Å². The molecule has 1 heterocycles. The summed E-state index contributed by atoms with van der Waals surface area (Å²) >= 11 is 0. The smallest absolute Gasteiger partial charge is 0.409 e. The largest absolute Gasteiger partial charge is 0.453 e. The van der Waals surface area contributed by atoms with E-state index in [2.05, 4.69) is 11.8 Å². The first kappa shape index (κ1) is 18.3. The fourth-order valence-corrected chi connectivity index (χ4v) is 4.32. The van der Waals surface area contributed by atoms with Crippen molar-refractivity contribution in [2.45, 2.75) is 51.2 Å². The fourth-order valence-electron chi connectivity index (χ4n) is 4.32. The molecule has 5 nitrogen and oxygen atoms in total. The first-order chi connectivity index (χ1) is 12.4. The number of ether oxygens (including phenoxy) is 2. The number of carbonyl (C=O) groups excluding carboxylic acids is 2. The summed E-state index contributed by atoms with van der Waals surface area (Å²) in [6.07, 6.45) is 2.87. The molecule has 1 saturated heterocycles. The number of esters is 1. The van der Waals surface area contributed by atoms with Gasteiger partial charge < -0.3 is 14.4 Å². The molecular formula is C21H25NO4. The van der Waals surface area contributed by atoms with Crippen LogP contribution in [0.4, 0.5) is 4.79 Å². The molecule has 0 spiro atoms. The Morgan fingerprint density at radius 2 is 2.12 bits per heavy atom. The van der Waals surface area contributed by atoms with E-state index in [4.69, 9.17) is 9.47 Å².